The third-order valence-electron chi connectivity index (χ3n) is 9.00. The summed E-state index contributed by atoms with van der Waals surface area (Å²) in [5.74, 6) is 0.771. The predicted molar refractivity (Wildman–Crippen MR) is 161 cm³/mol. The molecule has 0 amide bonds. The standard InChI is InChI=1S/C31H37F3N8O/c1-40-13-15-41(16-14-40)22-8-10-23(11-9-22)42-30-25(29(36)37-18-38-30)27(39-42)24-12-5-20(28(43-2)26(24)35)17-19-3-6-21(7-4-19)31(32,33)34/h3-7,12,18,22-23H,8-11,13-17,35H2,1-2H3,(H2,36,37,38). The molecule has 43 heavy (non-hydrogen) atoms. The number of methoxy groups -OCH3 is 1. The van der Waals surface area contributed by atoms with Gasteiger partial charge < -0.3 is 21.1 Å². The maximum atomic E-state index is 13.0. The second-order valence-electron chi connectivity index (χ2n) is 11.6. The molecule has 6 rings (SSSR count). The molecule has 1 aliphatic carbocycles. The van der Waals surface area contributed by atoms with Gasteiger partial charge in [0.25, 0.3) is 0 Å². The number of rotatable bonds is 6. The summed E-state index contributed by atoms with van der Waals surface area (Å²) in [6, 6.07) is 9.60. The average Bonchev–Trinajstić information content (AvgIpc) is 3.38. The summed E-state index contributed by atoms with van der Waals surface area (Å²) in [7, 11) is 3.70. The Hall–Kier alpha value is -3.90. The van der Waals surface area contributed by atoms with Crippen molar-refractivity contribution in [2.75, 3.05) is 51.8 Å². The van der Waals surface area contributed by atoms with Gasteiger partial charge in [0.1, 0.15) is 23.6 Å². The molecule has 2 fully saturated rings. The lowest BCUT2D eigenvalue weighted by atomic mass is 9.90. The van der Waals surface area contributed by atoms with Gasteiger partial charge in [-0.25, -0.2) is 14.6 Å². The van der Waals surface area contributed by atoms with Crippen molar-refractivity contribution in [1.82, 2.24) is 29.5 Å². The Morgan fingerprint density at radius 1 is 0.907 bits per heavy atom. The molecule has 4 N–H and O–H groups in total. The van der Waals surface area contributed by atoms with E-state index in [1.165, 1.54) is 25.6 Å². The monoisotopic (exact) mass is 594 g/mol. The first kappa shape index (κ1) is 29.2. The van der Waals surface area contributed by atoms with E-state index >= 15 is 0 Å². The maximum absolute atomic E-state index is 13.0. The Morgan fingerprint density at radius 2 is 1.58 bits per heavy atom. The molecule has 1 saturated carbocycles. The quantitative estimate of drug-likeness (QED) is 0.300. The summed E-state index contributed by atoms with van der Waals surface area (Å²) in [4.78, 5) is 13.9. The van der Waals surface area contributed by atoms with Crippen LogP contribution in [-0.2, 0) is 12.6 Å². The second kappa shape index (κ2) is 11.6. The van der Waals surface area contributed by atoms with Crippen LogP contribution in [0.2, 0.25) is 0 Å². The van der Waals surface area contributed by atoms with Gasteiger partial charge in [0.15, 0.2) is 5.65 Å². The number of nitrogens with zero attached hydrogens (tertiary/aromatic N) is 6. The second-order valence-corrected chi connectivity index (χ2v) is 11.6. The highest BCUT2D eigenvalue weighted by atomic mass is 19.4. The molecular weight excluding hydrogens is 557 g/mol. The van der Waals surface area contributed by atoms with Crippen molar-refractivity contribution < 1.29 is 17.9 Å². The molecule has 3 heterocycles. The minimum atomic E-state index is -4.38. The van der Waals surface area contributed by atoms with Gasteiger partial charge >= 0.3 is 6.18 Å². The summed E-state index contributed by atoms with van der Waals surface area (Å²) >= 11 is 0. The number of nitrogens with two attached hydrogens (primary N) is 2. The summed E-state index contributed by atoms with van der Waals surface area (Å²) in [6.45, 7) is 4.44. The number of anilines is 2. The number of halogens is 3. The molecule has 228 valence electrons. The van der Waals surface area contributed by atoms with Gasteiger partial charge in [0.2, 0.25) is 0 Å². The van der Waals surface area contributed by atoms with Crippen LogP contribution in [0.15, 0.2) is 42.7 Å². The highest BCUT2D eigenvalue weighted by molar-refractivity contribution is 6.01. The minimum Gasteiger partial charge on any atom is -0.494 e. The number of nitrogen functional groups attached to an aromatic ring is 2. The summed E-state index contributed by atoms with van der Waals surface area (Å²) < 4.78 is 46.8. The van der Waals surface area contributed by atoms with Crippen molar-refractivity contribution in [2.24, 2.45) is 0 Å². The van der Waals surface area contributed by atoms with E-state index in [0.717, 1.165) is 69.6 Å². The summed E-state index contributed by atoms with van der Waals surface area (Å²) in [5, 5.41) is 5.69. The molecule has 4 aromatic rings. The molecule has 0 spiro atoms. The average molecular weight is 595 g/mol. The molecule has 1 saturated heterocycles. The molecule has 0 unspecified atom stereocenters. The molecule has 0 radical (unpaired) electrons. The van der Waals surface area contributed by atoms with E-state index in [4.69, 9.17) is 21.3 Å². The lowest BCUT2D eigenvalue weighted by Crippen LogP contribution is -2.49. The number of likely N-dealkylation sites (N-methyl/N-ethyl adjacent to an activating group) is 1. The molecule has 2 aliphatic rings. The summed E-state index contributed by atoms with van der Waals surface area (Å²) in [5.41, 5.74) is 16.1. The van der Waals surface area contributed by atoms with E-state index in [9.17, 15) is 13.2 Å². The number of fused-ring (bicyclic) bond motifs is 1. The Morgan fingerprint density at radius 3 is 2.23 bits per heavy atom. The first-order valence-corrected chi connectivity index (χ1v) is 14.7. The lowest BCUT2D eigenvalue weighted by Gasteiger charge is -2.41. The number of hydrogen-bond donors (Lipinski definition) is 2. The van der Waals surface area contributed by atoms with Crippen LogP contribution in [0.25, 0.3) is 22.3 Å². The number of benzene rings is 2. The highest BCUT2D eigenvalue weighted by Gasteiger charge is 2.32. The Balaban J connectivity index is 1.29. The SMILES string of the molecule is COc1c(Cc2ccc(C(F)(F)F)cc2)ccc(-c2nn(C3CCC(N4CCN(C)CC4)CC3)c3ncnc(N)c23)c1N. The van der Waals surface area contributed by atoms with Crippen LogP contribution in [0.4, 0.5) is 24.7 Å². The Kier molecular flexibility index (Phi) is 7.91. The van der Waals surface area contributed by atoms with Crippen LogP contribution in [0.1, 0.15) is 48.4 Å². The fraction of sp³-hybridized carbons (Fsp3) is 0.452. The smallest absolute Gasteiger partial charge is 0.416 e. The van der Waals surface area contributed by atoms with Crippen LogP contribution in [0.5, 0.6) is 5.75 Å². The first-order valence-electron chi connectivity index (χ1n) is 14.7. The third kappa shape index (κ3) is 5.73. The van der Waals surface area contributed by atoms with E-state index in [1.54, 1.807) is 0 Å². The predicted octanol–water partition coefficient (Wildman–Crippen LogP) is 5.01. The molecule has 0 bridgehead atoms. The van der Waals surface area contributed by atoms with E-state index < -0.39 is 11.7 Å². The molecule has 0 atom stereocenters. The van der Waals surface area contributed by atoms with Crippen LogP contribution in [0.3, 0.4) is 0 Å². The zero-order valence-electron chi connectivity index (χ0n) is 24.4. The number of alkyl halides is 3. The zero-order chi connectivity index (χ0) is 30.3. The fourth-order valence-corrected chi connectivity index (χ4v) is 6.56. The van der Waals surface area contributed by atoms with Gasteiger partial charge in [-0.15, -0.1) is 0 Å². The van der Waals surface area contributed by atoms with Crippen molar-refractivity contribution in [3.63, 3.8) is 0 Å². The van der Waals surface area contributed by atoms with Gasteiger partial charge in [0, 0.05) is 49.8 Å². The molecule has 9 nitrogen and oxygen atoms in total. The first-order chi connectivity index (χ1) is 20.6. The van der Waals surface area contributed by atoms with Gasteiger partial charge in [-0.1, -0.05) is 24.3 Å². The van der Waals surface area contributed by atoms with Crippen molar-refractivity contribution >= 4 is 22.5 Å². The van der Waals surface area contributed by atoms with Crippen LogP contribution < -0.4 is 16.2 Å². The van der Waals surface area contributed by atoms with Crippen molar-refractivity contribution in [1.29, 1.82) is 0 Å². The van der Waals surface area contributed by atoms with Crippen LogP contribution in [-0.4, -0.2) is 75.9 Å². The van der Waals surface area contributed by atoms with E-state index in [-0.39, 0.29) is 6.04 Å². The van der Waals surface area contributed by atoms with Crippen molar-refractivity contribution in [3.05, 3.63) is 59.4 Å². The number of ether oxygens (including phenoxy) is 1. The Bertz CT molecular complexity index is 1590. The van der Waals surface area contributed by atoms with Gasteiger partial charge in [0.05, 0.1) is 29.8 Å². The minimum absolute atomic E-state index is 0.177. The number of piperazine rings is 1. The molecule has 12 heteroatoms. The number of aromatic nitrogens is 4. The lowest BCUT2D eigenvalue weighted by molar-refractivity contribution is -0.137. The van der Waals surface area contributed by atoms with E-state index in [1.807, 2.05) is 16.8 Å². The molecule has 2 aromatic heterocycles. The fourth-order valence-electron chi connectivity index (χ4n) is 6.56. The van der Waals surface area contributed by atoms with Crippen LogP contribution in [0, 0.1) is 0 Å². The van der Waals surface area contributed by atoms with Gasteiger partial charge in [-0.05, 0) is 50.4 Å². The zero-order valence-corrected chi connectivity index (χ0v) is 24.4. The molecular formula is C31H37F3N8O. The van der Waals surface area contributed by atoms with E-state index in [2.05, 4.69) is 26.8 Å². The molecule has 2 aromatic carbocycles. The Labute approximate surface area is 248 Å². The van der Waals surface area contributed by atoms with Gasteiger partial charge in [-0.2, -0.15) is 18.3 Å². The van der Waals surface area contributed by atoms with E-state index in [0.29, 0.717) is 57.6 Å². The normalized spacial score (nSPS) is 20.5. The highest BCUT2D eigenvalue weighted by Crippen LogP contribution is 2.42. The largest absolute Gasteiger partial charge is 0.494 e. The number of hydrogen-bond acceptors (Lipinski definition) is 8. The topological polar surface area (TPSA) is 111 Å². The summed E-state index contributed by atoms with van der Waals surface area (Å²) in [6.07, 6.45) is 1.60. The van der Waals surface area contributed by atoms with Crippen LogP contribution >= 0.6 is 0 Å². The van der Waals surface area contributed by atoms with Gasteiger partial charge in [-0.3, -0.25) is 4.90 Å². The maximum Gasteiger partial charge on any atom is 0.416 e. The van der Waals surface area contributed by atoms with Crippen molar-refractivity contribution in [2.45, 2.75) is 50.4 Å². The third-order valence-corrected chi connectivity index (χ3v) is 9.00. The molecule has 1 aliphatic heterocycles. The van der Waals surface area contributed by atoms with Crippen molar-refractivity contribution in [3.8, 4) is 17.0 Å².